The van der Waals surface area contributed by atoms with Crippen LogP contribution in [0.15, 0.2) is 24.3 Å². The van der Waals surface area contributed by atoms with Crippen molar-refractivity contribution in [1.82, 2.24) is 9.80 Å². The standard InChI is InChI=1S/C17H28FN3/c1-14-12-20(3)9-4-10-21(14)17(2,13-19)11-15-5-7-16(18)8-6-15/h5-8,14H,4,9-13,19H2,1-3H3. The number of nitrogens with zero attached hydrogens (tertiary/aromatic N) is 2. The molecule has 1 aliphatic rings. The third kappa shape index (κ3) is 4.02. The first-order valence-electron chi connectivity index (χ1n) is 7.84. The van der Waals surface area contributed by atoms with Crippen molar-refractivity contribution in [1.29, 1.82) is 0 Å². The normalized spacial score (nSPS) is 24.5. The molecule has 0 spiro atoms. The predicted octanol–water partition coefficient (Wildman–Crippen LogP) is 2.11. The fraction of sp³-hybridized carbons (Fsp3) is 0.647. The SMILES string of the molecule is CC1CN(C)CCCN1C(C)(CN)Cc1ccc(F)cc1. The molecule has 2 atom stereocenters. The molecular formula is C17H28FN3. The number of hydrogen-bond acceptors (Lipinski definition) is 3. The monoisotopic (exact) mass is 293 g/mol. The van der Waals surface area contributed by atoms with E-state index in [0.717, 1.165) is 31.6 Å². The van der Waals surface area contributed by atoms with Gasteiger partial charge in [0.05, 0.1) is 0 Å². The van der Waals surface area contributed by atoms with Crippen molar-refractivity contribution in [3.63, 3.8) is 0 Å². The maximum Gasteiger partial charge on any atom is 0.123 e. The summed E-state index contributed by atoms with van der Waals surface area (Å²) in [4.78, 5) is 4.93. The summed E-state index contributed by atoms with van der Waals surface area (Å²) in [5, 5.41) is 0. The average Bonchev–Trinajstić information content (AvgIpc) is 2.62. The highest BCUT2D eigenvalue weighted by Gasteiger charge is 2.35. The summed E-state index contributed by atoms with van der Waals surface area (Å²) in [5.74, 6) is -0.182. The molecule has 0 bridgehead atoms. The Labute approximate surface area is 127 Å². The largest absolute Gasteiger partial charge is 0.329 e. The molecule has 1 saturated heterocycles. The summed E-state index contributed by atoms with van der Waals surface area (Å²) in [6.45, 7) is 8.40. The molecule has 118 valence electrons. The first-order valence-corrected chi connectivity index (χ1v) is 7.84. The zero-order valence-electron chi connectivity index (χ0n) is 13.5. The predicted molar refractivity (Wildman–Crippen MR) is 85.8 cm³/mol. The van der Waals surface area contributed by atoms with Crippen LogP contribution in [0.5, 0.6) is 0 Å². The summed E-state index contributed by atoms with van der Waals surface area (Å²) in [5.41, 5.74) is 7.20. The lowest BCUT2D eigenvalue weighted by Crippen LogP contribution is -2.57. The third-order valence-electron chi connectivity index (χ3n) is 4.68. The summed E-state index contributed by atoms with van der Waals surface area (Å²) < 4.78 is 13.1. The highest BCUT2D eigenvalue weighted by atomic mass is 19.1. The van der Waals surface area contributed by atoms with Crippen LogP contribution in [-0.4, -0.2) is 54.6 Å². The van der Waals surface area contributed by atoms with Gasteiger partial charge in [0.25, 0.3) is 0 Å². The van der Waals surface area contributed by atoms with E-state index in [-0.39, 0.29) is 11.4 Å². The number of rotatable bonds is 4. The minimum absolute atomic E-state index is 0.0809. The maximum atomic E-state index is 13.1. The Morgan fingerprint density at radius 3 is 2.57 bits per heavy atom. The van der Waals surface area contributed by atoms with E-state index >= 15 is 0 Å². The second-order valence-electron chi connectivity index (χ2n) is 6.66. The van der Waals surface area contributed by atoms with Gasteiger partial charge in [0, 0.05) is 31.2 Å². The van der Waals surface area contributed by atoms with Crippen LogP contribution in [0.25, 0.3) is 0 Å². The highest BCUT2D eigenvalue weighted by Crippen LogP contribution is 2.25. The Hall–Kier alpha value is -0.970. The Morgan fingerprint density at radius 1 is 1.29 bits per heavy atom. The van der Waals surface area contributed by atoms with Crippen molar-refractivity contribution in [2.75, 3.05) is 33.2 Å². The number of benzene rings is 1. The molecule has 1 heterocycles. The fourth-order valence-electron chi connectivity index (χ4n) is 3.51. The van der Waals surface area contributed by atoms with Gasteiger partial charge in [-0.25, -0.2) is 4.39 Å². The van der Waals surface area contributed by atoms with E-state index in [1.165, 1.54) is 18.6 Å². The lowest BCUT2D eigenvalue weighted by atomic mass is 9.89. The Balaban J connectivity index is 2.16. The van der Waals surface area contributed by atoms with Crippen LogP contribution in [0.4, 0.5) is 4.39 Å². The highest BCUT2D eigenvalue weighted by molar-refractivity contribution is 5.19. The Bertz CT molecular complexity index is 448. The molecule has 3 nitrogen and oxygen atoms in total. The van der Waals surface area contributed by atoms with Crippen LogP contribution >= 0.6 is 0 Å². The second-order valence-corrected chi connectivity index (χ2v) is 6.66. The van der Waals surface area contributed by atoms with E-state index in [1.807, 2.05) is 12.1 Å². The van der Waals surface area contributed by atoms with Gasteiger partial charge in [-0.15, -0.1) is 0 Å². The first-order chi connectivity index (χ1) is 9.94. The lowest BCUT2D eigenvalue weighted by Gasteiger charge is -2.44. The van der Waals surface area contributed by atoms with Gasteiger partial charge >= 0.3 is 0 Å². The van der Waals surface area contributed by atoms with Crippen molar-refractivity contribution < 1.29 is 4.39 Å². The summed E-state index contributed by atoms with van der Waals surface area (Å²) in [7, 11) is 2.18. The van der Waals surface area contributed by atoms with Crippen LogP contribution in [-0.2, 0) is 6.42 Å². The second kappa shape index (κ2) is 6.86. The molecule has 4 heteroatoms. The van der Waals surface area contributed by atoms with Gasteiger partial charge in [0.1, 0.15) is 5.82 Å². The molecule has 1 fully saturated rings. The molecule has 0 saturated carbocycles. The van der Waals surface area contributed by atoms with E-state index in [1.54, 1.807) is 0 Å². The Kier molecular flexibility index (Phi) is 5.36. The zero-order chi connectivity index (χ0) is 15.5. The average molecular weight is 293 g/mol. The van der Waals surface area contributed by atoms with Crippen LogP contribution in [0.1, 0.15) is 25.8 Å². The minimum atomic E-state index is -0.182. The van der Waals surface area contributed by atoms with Crippen molar-refractivity contribution in [3.05, 3.63) is 35.6 Å². The molecule has 0 radical (unpaired) electrons. The van der Waals surface area contributed by atoms with E-state index < -0.39 is 0 Å². The number of halogens is 1. The topological polar surface area (TPSA) is 32.5 Å². The van der Waals surface area contributed by atoms with Gasteiger partial charge in [-0.3, -0.25) is 4.90 Å². The molecule has 1 aromatic carbocycles. The Morgan fingerprint density at radius 2 is 1.95 bits per heavy atom. The summed E-state index contributed by atoms with van der Waals surface area (Å²) >= 11 is 0. The molecule has 2 unspecified atom stereocenters. The van der Waals surface area contributed by atoms with E-state index in [0.29, 0.717) is 12.6 Å². The van der Waals surface area contributed by atoms with Crippen molar-refractivity contribution in [2.45, 2.75) is 38.3 Å². The molecule has 0 amide bonds. The van der Waals surface area contributed by atoms with Crippen molar-refractivity contribution in [2.24, 2.45) is 5.73 Å². The fourth-order valence-corrected chi connectivity index (χ4v) is 3.51. The van der Waals surface area contributed by atoms with Gasteiger partial charge in [-0.1, -0.05) is 12.1 Å². The van der Waals surface area contributed by atoms with Crippen LogP contribution in [0.2, 0.25) is 0 Å². The van der Waals surface area contributed by atoms with Gasteiger partial charge < -0.3 is 10.6 Å². The van der Waals surface area contributed by atoms with Crippen LogP contribution in [0.3, 0.4) is 0 Å². The molecule has 1 aromatic rings. The molecule has 0 aromatic heterocycles. The van der Waals surface area contributed by atoms with Crippen molar-refractivity contribution in [3.8, 4) is 0 Å². The van der Waals surface area contributed by atoms with Gasteiger partial charge in [0.15, 0.2) is 0 Å². The molecule has 1 aliphatic heterocycles. The molecule has 2 N–H and O–H groups in total. The smallest absolute Gasteiger partial charge is 0.123 e. The van der Waals surface area contributed by atoms with Gasteiger partial charge in [-0.05, 0) is 58.0 Å². The van der Waals surface area contributed by atoms with Crippen LogP contribution in [0, 0.1) is 5.82 Å². The molecular weight excluding hydrogens is 265 g/mol. The summed E-state index contributed by atoms with van der Waals surface area (Å²) in [6, 6.07) is 7.29. The number of nitrogens with two attached hydrogens (primary N) is 1. The van der Waals surface area contributed by atoms with E-state index in [9.17, 15) is 4.39 Å². The zero-order valence-corrected chi connectivity index (χ0v) is 13.5. The van der Waals surface area contributed by atoms with Crippen LogP contribution < -0.4 is 5.73 Å². The van der Waals surface area contributed by atoms with E-state index in [4.69, 9.17) is 5.73 Å². The van der Waals surface area contributed by atoms with Gasteiger partial charge in [-0.2, -0.15) is 0 Å². The minimum Gasteiger partial charge on any atom is -0.329 e. The molecule has 21 heavy (non-hydrogen) atoms. The molecule has 2 rings (SSSR count). The van der Waals surface area contributed by atoms with Gasteiger partial charge in [0.2, 0.25) is 0 Å². The quantitative estimate of drug-likeness (QED) is 0.923. The number of hydrogen-bond donors (Lipinski definition) is 1. The maximum absolute atomic E-state index is 13.1. The van der Waals surface area contributed by atoms with E-state index in [2.05, 4.69) is 30.7 Å². The first kappa shape index (κ1) is 16.4. The third-order valence-corrected chi connectivity index (χ3v) is 4.68. The lowest BCUT2D eigenvalue weighted by molar-refractivity contribution is 0.0703. The molecule has 0 aliphatic carbocycles. The number of likely N-dealkylation sites (N-methyl/N-ethyl adjacent to an activating group) is 1. The van der Waals surface area contributed by atoms with Crippen molar-refractivity contribution >= 4 is 0 Å². The summed E-state index contributed by atoms with van der Waals surface area (Å²) in [6.07, 6.45) is 2.03.